The molecular weight excluding hydrogens is 332 g/mol. The third kappa shape index (κ3) is 4.15. The van der Waals surface area contributed by atoms with Gasteiger partial charge in [-0.05, 0) is 63.6 Å². The van der Waals surface area contributed by atoms with Crippen molar-refractivity contribution in [3.63, 3.8) is 0 Å². The number of rotatable bonds is 5. The van der Waals surface area contributed by atoms with E-state index in [1.54, 1.807) is 9.78 Å². The van der Waals surface area contributed by atoms with Crippen molar-refractivity contribution >= 4 is 27.5 Å². The van der Waals surface area contributed by atoms with Gasteiger partial charge in [-0.2, -0.15) is 0 Å². The Morgan fingerprint density at radius 3 is 2.76 bits per heavy atom. The Bertz CT molecular complexity index is 748. The molecule has 0 unspecified atom stereocenters. The molecule has 1 aliphatic heterocycles. The standard InChI is InChI=1S/C20H28N2O2S/c1-20(2,3)22(19(23)24)12-7-6-11-21-13-10-18-16(14-21)15-8-4-5-9-17(15)25-18/h4-5,8-9H,6-7,10-14H2,1-3H3,(H,23,24). The van der Waals surface area contributed by atoms with Crippen molar-refractivity contribution in [3.05, 3.63) is 34.7 Å². The number of amides is 1. The minimum atomic E-state index is -0.820. The maximum atomic E-state index is 11.4. The molecule has 2 aromatic rings. The van der Waals surface area contributed by atoms with E-state index in [-0.39, 0.29) is 5.54 Å². The molecule has 1 aliphatic rings. The number of hydrogen-bond acceptors (Lipinski definition) is 3. The summed E-state index contributed by atoms with van der Waals surface area (Å²) in [4.78, 5) is 17.0. The Balaban J connectivity index is 1.53. The highest BCUT2D eigenvalue weighted by atomic mass is 32.1. The molecule has 1 amide bonds. The summed E-state index contributed by atoms with van der Waals surface area (Å²) >= 11 is 1.94. The number of thiophene rings is 1. The van der Waals surface area contributed by atoms with Gasteiger partial charge in [-0.3, -0.25) is 4.90 Å². The molecule has 2 heterocycles. The van der Waals surface area contributed by atoms with Crippen LogP contribution in [0.1, 0.15) is 44.1 Å². The molecule has 1 aromatic carbocycles. The van der Waals surface area contributed by atoms with E-state index in [4.69, 9.17) is 0 Å². The van der Waals surface area contributed by atoms with Crippen LogP contribution in [0.15, 0.2) is 24.3 Å². The second-order valence-electron chi connectivity index (χ2n) is 7.84. The lowest BCUT2D eigenvalue weighted by molar-refractivity contribution is 0.0981. The van der Waals surface area contributed by atoms with Gasteiger partial charge in [-0.15, -0.1) is 11.3 Å². The van der Waals surface area contributed by atoms with Gasteiger partial charge in [0.15, 0.2) is 0 Å². The van der Waals surface area contributed by atoms with Crippen molar-refractivity contribution in [3.8, 4) is 0 Å². The molecule has 0 spiro atoms. The van der Waals surface area contributed by atoms with Gasteiger partial charge in [0.25, 0.3) is 0 Å². The number of benzene rings is 1. The second-order valence-corrected chi connectivity index (χ2v) is 8.97. The third-order valence-corrected chi connectivity index (χ3v) is 6.24. The molecule has 0 radical (unpaired) electrons. The van der Waals surface area contributed by atoms with Crippen molar-refractivity contribution in [2.45, 2.75) is 52.1 Å². The van der Waals surface area contributed by atoms with Crippen LogP contribution in [0, 0.1) is 0 Å². The van der Waals surface area contributed by atoms with E-state index in [0.717, 1.165) is 38.9 Å². The molecule has 0 bridgehead atoms. The summed E-state index contributed by atoms with van der Waals surface area (Å²) in [5.41, 5.74) is 1.18. The highest BCUT2D eigenvalue weighted by Gasteiger charge is 2.25. The maximum absolute atomic E-state index is 11.4. The first-order valence-corrected chi connectivity index (χ1v) is 9.90. The van der Waals surface area contributed by atoms with Crippen LogP contribution in [-0.4, -0.2) is 46.2 Å². The fourth-order valence-corrected chi connectivity index (χ4v) is 4.81. The molecule has 0 aliphatic carbocycles. The molecule has 0 saturated carbocycles. The van der Waals surface area contributed by atoms with Crippen LogP contribution in [0.25, 0.3) is 10.1 Å². The van der Waals surface area contributed by atoms with Crippen molar-refractivity contribution in [1.29, 1.82) is 0 Å². The van der Waals surface area contributed by atoms with Gasteiger partial charge in [0.1, 0.15) is 0 Å². The molecule has 1 aromatic heterocycles. The van der Waals surface area contributed by atoms with E-state index >= 15 is 0 Å². The smallest absolute Gasteiger partial charge is 0.407 e. The first kappa shape index (κ1) is 18.2. The highest BCUT2D eigenvalue weighted by molar-refractivity contribution is 7.19. The van der Waals surface area contributed by atoms with E-state index < -0.39 is 6.09 Å². The summed E-state index contributed by atoms with van der Waals surface area (Å²) in [5, 5.41) is 10.8. The number of hydrogen-bond donors (Lipinski definition) is 1. The number of unbranched alkanes of at least 4 members (excludes halogenated alkanes) is 1. The van der Waals surface area contributed by atoms with E-state index in [0.29, 0.717) is 6.54 Å². The number of carboxylic acid groups (broad SMARTS) is 1. The summed E-state index contributed by atoms with van der Waals surface area (Å²) in [7, 11) is 0. The number of carbonyl (C=O) groups is 1. The Morgan fingerprint density at radius 2 is 2.04 bits per heavy atom. The van der Waals surface area contributed by atoms with E-state index in [1.807, 2.05) is 32.1 Å². The SMILES string of the molecule is CC(C)(C)N(CCCCN1CCc2sc3ccccc3c2C1)C(=O)O. The first-order valence-electron chi connectivity index (χ1n) is 9.08. The van der Waals surface area contributed by atoms with E-state index in [1.165, 1.54) is 15.6 Å². The van der Waals surface area contributed by atoms with Crippen LogP contribution in [0.3, 0.4) is 0 Å². The van der Waals surface area contributed by atoms with Crippen LogP contribution in [0.2, 0.25) is 0 Å². The Labute approximate surface area is 154 Å². The molecule has 25 heavy (non-hydrogen) atoms. The third-order valence-electron chi connectivity index (χ3n) is 4.97. The Kier molecular flexibility index (Phi) is 5.35. The zero-order valence-corrected chi connectivity index (χ0v) is 16.2. The van der Waals surface area contributed by atoms with Gasteiger partial charge < -0.3 is 10.0 Å². The minimum Gasteiger partial charge on any atom is -0.465 e. The largest absolute Gasteiger partial charge is 0.465 e. The molecule has 3 rings (SSSR count). The topological polar surface area (TPSA) is 43.8 Å². The van der Waals surface area contributed by atoms with Gasteiger partial charge >= 0.3 is 6.09 Å². The zero-order chi connectivity index (χ0) is 18.0. The average molecular weight is 361 g/mol. The molecule has 0 fully saturated rings. The molecule has 4 nitrogen and oxygen atoms in total. The Hall–Kier alpha value is -1.59. The lowest BCUT2D eigenvalue weighted by Crippen LogP contribution is -2.45. The minimum absolute atomic E-state index is 0.332. The van der Waals surface area contributed by atoms with Crippen LogP contribution in [0.5, 0.6) is 0 Å². The van der Waals surface area contributed by atoms with E-state index in [9.17, 15) is 9.90 Å². The van der Waals surface area contributed by atoms with Crippen LogP contribution < -0.4 is 0 Å². The summed E-state index contributed by atoms with van der Waals surface area (Å²) < 4.78 is 1.40. The van der Waals surface area contributed by atoms with Crippen molar-refractivity contribution in [2.75, 3.05) is 19.6 Å². The maximum Gasteiger partial charge on any atom is 0.407 e. The lowest BCUT2D eigenvalue weighted by atomic mass is 10.0. The first-order chi connectivity index (χ1) is 11.9. The Morgan fingerprint density at radius 1 is 1.28 bits per heavy atom. The zero-order valence-electron chi connectivity index (χ0n) is 15.4. The summed E-state index contributed by atoms with van der Waals surface area (Å²) in [6, 6.07) is 8.70. The van der Waals surface area contributed by atoms with Crippen molar-refractivity contribution < 1.29 is 9.90 Å². The predicted octanol–water partition coefficient (Wildman–Crippen LogP) is 4.82. The number of fused-ring (bicyclic) bond motifs is 3. The lowest BCUT2D eigenvalue weighted by Gasteiger charge is -2.33. The van der Waals surface area contributed by atoms with Crippen LogP contribution >= 0.6 is 11.3 Å². The fraction of sp³-hybridized carbons (Fsp3) is 0.550. The van der Waals surface area contributed by atoms with Gasteiger partial charge in [0.2, 0.25) is 0 Å². The van der Waals surface area contributed by atoms with Gasteiger partial charge in [0.05, 0.1) is 0 Å². The van der Waals surface area contributed by atoms with Gasteiger partial charge in [0, 0.05) is 34.8 Å². The normalized spacial score (nSPS) is 15.3. The van der Waals surface area contributed by atoms with Crippen molar-refractivity contribution in [1.82, 2.24) is 9.80 Å². The molecular formula is C20H28N2O2S. The average Bonchev–Trinajstić information content (AvgIpc) is 2.91. The molecule has 0 saturated heterocycles. The quantitative estimate of drug-likeness (QED) is 0.778. The molecule has 0 atom stereocenters. The predicted molar refractivity (Wildman–Crippen MR) is 105 cm³/mol. The van der Waals surface area contributed by atoms with Crippen LogP contribution in [0.4, 0.5) is 4.79 Å². The molecule has 1 N–H and O–H groups in total. The summed E-state index contributed by atoms with van der Waals surface area (Å²) in [5.74, 6) is 0. The fourth-order valence-electron chi connectivity index (χ4n) is 3.60. The van der Waals surface area contributed by atoms with E-state index in [2.05, 4.69) is 29.2 Å². The second kappa shape index (κ2) is 7.34. The molecule has 136 valence electrons. The highest BCUT2D eigenvalue weighted by Crippen LogP contribution is 2.35. The monoisotopic (exact) mass is 360 g/mol. The summed E-state index contributed by atoms with van der Waals surface area (Å²) in [6.45, 7) is 9.66. The summed E-state index contributed by atoms with van der Waals surface area (Å²) in [6.07, 6.45) is 2.27. The van der Waals surface area contributed by atoms with Crippen LogP contribution in [-0.2, 0) is 13.0 Å². The van der Waals surface area contributed by atoms with Gasteiger partial charge in [-0.1, -0.05) is 18.2 Å². The molecule has 5 heteroatoms. The van der Waals surface area contributed by atoms with Gasteiger partial charge in [-0.25, -0.2) is 4.79 Å². The number of nitrogens with zero attached hydrogens (tertiary/aromatic N) is 2. The van der Waals surface area contributed by atoms with Crippen molar-refractivity contribution in [2.24, 2.45) is 0 Å².